The molecule has 4 rings (SSSR count). The minimum Gasteiger partial charge on any atom is -0.481 e. The first-order chi connectivity index (χ1) is 13.4. The monoisotopic (exact) mass is 385 g/mol. The number of likely N-dealkylation sites (N-methyl/N-ethyl adjacent to an activating group) is 1. The number of carboxylic acids is 1. The van der Waals surface area contributed by atoms with E-state index in [1.807, 2.05) is 0 Å². The summed E-state index contributed by atoms with van der Waals surface area (Å²) in [6.07, 6.45) is 4.99. The van der Waals surface area contributed by atoms with Crippen LogP contribution in [0.25, 0.3) is 0 Å². The van der Waals surface area contributed by atoms with Gasteiger partial charge in [-0.25, -0.2) is 0 Å². The van der Waals surface area contributed by atoms with Crippen LogP contribution in [0.4, 0.5) is 5.69 Å². The van der Waals surface area contributed by atoms with Crippen molar-refractivity contribution in [2.24, 2.45) is 5.41 Å². The minimum atomic E-state index is -0.576. The lowest BCUT2D eigenvalue weighted by Crippen LogP contribution is -2.64. The Kier molecular flexibility index (Phi) is 5.41. The van der Waals surface area contributed by atoms with Gasteiger partial charge in [-0.1, -0.05) is 12.1 Å². The van der Waals surface area contributed by atoms with E-state index in [0.717, 1.165) is 52.0 Å². The zero-order valence-corrected chi connectivity index (χ0v) is 17.7. The number of hydrogen-bond donors (Lipinski definition) is 1. The van der Waals surface area contributed by atoms with Gasteiger partial charge in [-0.15, -0.1) is 0 Å². The topological polar surface area (TPSA) is 47.0 Å². The van der Waals surface area contributed by atoms with Crippen LogP contribution in [0.5, 0.6) is 0 Å². The predicted octanol–water partition coefficient (Wildman–Crippen LogP) is 3.14. The number of likely N-dealkylation sites (tertiary alicyclic amines) is 2. The van der Waals surface area contributed by atoms with E-state index in [-0.39, 0.29) is 6.04 Å². The third-order valence-corrected chi connectivity index (χ3v) is 7.88. The molecule has 0 unspecified atom stereocenters. The van der Waals surface area contributed by atoms with Crippen molar-refractivity contribution in [3.63, 3.8) is 0 Å². The zero-order valence-electron chi connectivity index (χ0n) is 17.7. The molecular weight excluding hydrogens is 350 g/mol. The highest BCUT2D eigenvalue weighted by Crippen LogP contribution is 2.43. The molecule has 1 aromatic carbocycles. The molecular formula is C23H35N3O2. The lowest BCUT2D eigenvalue weighted by molar-refractivity contribution is -0.163. The molecule has 154 valence electrons. The summed E-state index contributed by atoms with van der Waals surface area (Å²) >= 11 is 0. The molecule has 0 aromatic heterocycles. The Hall–Kier alpha value is -1.59. The Bertz CT molecular complexity index is 729. The van der Waals surface area contributed by atoms with Crippen LogP contribution < -0.4 is 4.90 Å². The standard InChI is InChI=1S/C23H35N3O2/c1-17-6-4-7-20(18(17)2)25-13-8-19(9-14-25)26-15-11-23(22(27)28)10-5-12-24(3)21(23)16-26/h4,6-7,19,21H,5,8-16H2,1-3H3,(H,27,28)/t21-,23+/m1/s1. The van der Waals surface area contributed by atoms with Gasteiger partial charge < -0.3 is 14.9 Å². The van der Waals surface area contributed by atoms with Gasteiger partial charge in [-0.3, -0.25) is 9.69 Å². The summed E-state index contributed by atoms with van der Waals surface area (Å²) in [4.78, 5) is 19.6. The molecule has 1 aromatic rings. The molecule has 2 atom stereocenters. The van der Waals surface area contributed by atoms with Crippen LogP contribution in [0.3, 0.4) is 0 Å². The van der Waals surface area contributed by atoms with E-state index in [1.165, 1.54) is 29.7 Å². The van der Waals surface area contributed by atoms with Crippen LogP contribution in [-0.4, -0.2) is 72.7 Å². The highest BCUT2D eigenvalue weighted by atomic mass is 16.4. The Morgan fingerprint density at radius 1 is 1.11 bits per heavy atom. The van der Waals surface area contributed by atoms with E-state index >= 15 is 0 Å². The molecule has 5 nitrogen and oxygen atoms in total. The smallest absolute Gasteiger partial charge is 0.311 e. The van der Waals surface area contributed by atoms with Crippen LogP contribution in [0.1, 0.15) is 43.2 Å². The average Bonchev–Trinajstić information content (AvgIpc) is 2.70. The first kappa shape index (κ1) is 19.7. The van der Waals surface area contributed by atoms with Crippen molar-refractivity contribution in [2.45, 2.75) is 58.0 Å². The third-order valence-electron chi connectivity index (χ3n) is 7.88. The van der Waals surface area contributed by atoms with Gasteiger partial charge in [0.25, 0.3) is 0 Å². The lowest BCUT2D eigenvalue weighted by atomic mass is 9.68. The van der Waals surface area contributed by atoms with Crippen molar-refractivity contribution in [3.05, 3.63) is 29.3 Å². The summed E-state index contributed by atoms with van der Waals surface area (Å²) in [5, 5.41) is 10.00. The van der Waals surface area contributed by atoms with E-state index < -0.39 is 11.4 Å². The highest BCUT2D eigenvalue weighted by Gasteiger charge is 2.52. The van der Waals surface area contributed by atoms with Crippen molar-refractivity contribution in [3.8, 4) is 0 Å². The molecule has 0 saturated carbocycles. The van der Waals surface area contributed by atoms with Gasteiger partial charge in [0, 0.05) is 37.4 Å². The zero-order chi connectivity index (χ0) is 19.9. The van der Waals surface area contributed by atoms with E-state index in [4.69, 9.17) is 0 Å². The van der Waals surface area contributed by atoms with E-state index in [0.29, 0.717) is 6.04 Å². The molecule has 0 amide bonds. The summed E-state index contributed by atoms with van der Waals surface area (Å²) < 4.78 is 0. The molecule has 0 spiro atoms. The number of aliphatic carboxylic acids is 1. The maximum Gasteiger partial charge on any atom is 0.311 e. The molecule has 3 aliphatic heterocycles. The number of anilines is 1. The summed E-state index contributed by atoms with van der Waals surface area (Å²) in [7, 11) is 2.12. The van der Waals surface area contributed by atoms with Gasteiger partial charge >= 0.3 is 5.97 Å². The predicted molar refractivity (Wildman–Crippen MR) is 113 cm³/mol. The Morgan fingerprint density at radius 2 is 1.86 bits per heavy atom. The fourth-order valence-electron chi connectivity index (χ4n) is 5.89. The summed E-state index contributed by atoms with van der Waals surface area (Å²) in [6, 6.07) is 7.35. The number of benzene rings is 1. The van der Waals surface area contributed by atoms with Crippen LogP contribution in [0.15, 0.2) is 18.2 Å². The number of carboxylic acid groups (broad SMARTS) is 1. The summed E-state index contributed by atoms with van der Waals surface area (Å²) in [6.45, 7) is 9.48. The first-order valence-electron chi connectivity index (χ1n) is 10.9. The van der Waals surface area contributed by atoms with Gasteiger partial charge in [0.05, 0.1) is 5.41 Å². The molecule has 5 heteroatoms. The Labute approximate surface area is 169 Å². The molecule has 3 fully saturated rings. The maximum absolute atomic E-state index is 12.1. The summed E-state index contributed by atoms with van der Waals surface area (Å²) in [5.41, 5.74) is 3.62. The van der Waals surface area contributed by atoms with Crippen LogP contribution in [0, 0.1) is 19.3 Å². The molecule has 3 aliphatic rings. The number of piperidine rings is 3. The number of fused-ring (bicyclic) bond motifs is 1. The van der Waals surface area contributed by atoms with Gasteiger partial charge in [0.1, 0.15) is 0 Å². The van der Waals surface area contributed by atoms with Gasteiger partial charge in [-0.05, 0) is 83.3 Å². The average molecular weight is 386 g/mol. The summed E-state index contributed by atoms with van der Waals surface area (Å²) in [5.74, 6) is -0.576. The lowest BCUT2D eigenvalue weighted by Gasteiger charge is -2.54. The maximum atomic E-state index is 12.1. The number of rotatable bonds is 3. The number of carbonyl (C=O) groups is 1. The van der Waals surface area contributed by atoms with E-state index in [9.17, 15) is 9.90 Å². The Morgan fingerprint density at radius 3 is 2.57 bits per heavy atom. The fourth-order valence-corrected chi connectivity index (χ4v) is 5.89. The quantitative estimate of drug-likeness (QED) is 0.866. The molecule has 1 N–H and O–H groups in total. The van der Waals surface area contributed by atoms with Gasteiger partial charge in [0.2, 0.25) is 0 Å². The molecule has 28 heavy (non-hydrogen) atoms. The van der Waals surface area contributed by atoms with Crippen LogP contribution >= 0.6 is 0 Å². The second-order valence-electron chi connectivity index (χ2n) is 9.24. The van der Waals surface area contributed by atoms with Crippen molar-refractivity contribution in [1.82, 2.24) is 9.80 Å². The van der Waals surface area contributed by atoms with Gasteiger partial charge in [0.15, 0.2) is 0 Å². The molecule has 3 saturated heterocycles. The fraction of sp³-hybridized carbons (Fsp3) is 0.696. The largest absolute Gasteiger partial charge is 0.481 e. The van der Waals surface area contributed by atoms with Crippen LogP contribution in [0.2, 0.25) is 0 Å². The molecule has 3 heterocycles. The van der Waals surface area contributed by atoms with Gasteiger partial charge in [-0.2, -0.15) is 0 Å². The first-order valence-corrected chi connectivity index (χ1v) is 10.9. The normalized spacial score (nSPS) is 30.2. The SMILES string of the molecule is Cc1cccc(N2CCC(N3CC[C@@]4(C(=O)O)CCCN(C)[C@@H]4C3)CC2)c1C. The third kappa shape index (κ3) is 3.33. The van der Waals surface area contributed by atoms with Crippen molar-refractivity contribution >= 4 is 11.7 Å². The second-order valence-corrected chi connectivity index (χ2v) is 9.24. The second kappa shape index (κ2) is 7.68. The van der Waals surface area contributed by atoms with Crippen molar-refractivity contribution in [1.29, 1.82) is 0 Å². The number of nitrogens with zero attached hydrogens (tertiary/aromatic N) is 3. The molecule has 0 radical (unpaired) electrons. The Balaban J connectivity index is 1.42. The number of aryl methyl sites for hydroxylation is 1. The van der Waals surface area contributed by atoms with Crippen molar-refractivity contribution < 1.29 is 9.90 Å². The molecule has 0 aliphatic carbocycles. The van der Waals surface area contributed by atoms with Crippen LogP contribution in [-0.2, 0) is 4.79 Å². The van der Waals surface area contributed by atoms with E-state index in [2.05, 4.69) is 53.8 Å². The number of hydrogen-bond acceptors (Lipinski definition) is 4. The highest BCUT2D eigenvalue weighted by molar-refractivity contribution is 5.76. The van der Waals surface area contributed by atoms with Crippen molar-refractivity contribution in [2.75, 3.05) is 44.7 Å². The molecule has 0 bridgehead atoms. The minimum absolute atomic E-state index is 0.157. The van der Waals surface area contributed by atoms with E-state index in [1.54, 1.807) is 0 Å².